The summed E-state index contributed by atoms with van der Waals surface area (Å²) in [5.41, 5.74) is 2.74. The van der Waals surface area contributed by atoms with Crippen molar-refractivity contribution >= 4 is 17.6 Å². The van der Waals surface area contributed by atoms with Gasteiger partial charge in [0.25, 0.3) is 5.91 Å². The molecule has 0 spiro atoms. The highest BCUT2D eigenvalue weighted by molar-refractivity contribution is 6.02. The molecule has 1 amide bonds. The molecule has 0 aliphatic carbocycles. The largest absolute Gasteiger partial charge is 0.481 e. The summed E-state index contributed by atoms with van der Waals surface area (Å²) < 4.78 is 18.8. The Kier molecular flexibility index (Phi) is 5.47. The van der Waals surface area contributed by atoms with Crippen molar-refractivity contribution < 1.29 is 23.5 Å². The van der Waals surface area contributed by atoms with Gasteiger partial charge in [0.2, 0.25) is 0 Å². The maximum atomic E-state index is 13.6. The van der Waals surface area contributed by atoms with Gasteiger partial charge in [0.05, 0.1) is 6.26 Å². The van der Waals surface area contributed by atoms with E-state index in [2.05, 4.69) is 4.99 Å². The number of nitrogens with zero attached hydrogens (tertiary/aromatic N) is 2. The predicted octanol–water partition coefficient (Wildman–Crippen LogP) is 3.41. The number of likely N-dealkylation sites (tertiary alicyclic amines) is 1. The van der Waals surface area contributed by atoms with E-state index in [1.54, 1.807) is 29.2 Å². The third-order valence-corrected chi connectivity index (χ3v) is 5.86. The summed E-state index contributed by atoms with van der Waals surface area (Å²) in [6.07, 6.45) is 3.42. The van der Waals surface area contributed by atoms with Crippen LogP contribution in [0.3, 0.4) is 0 Å². The van der Waals surface area contributed by atoms with Crippen LogP contribution in [0.25, 0.3) is 0 Å². The fraction of sp³-hybridized carbons (Fsp3) is 0.409. The number of furan rings is 1. The Balaban J connectivity index is 1.55. The van der Waals surface area contributed by atoms with E-state index in [1.165, 1.54) is 12.3 Å². The molecule has 2 aromatic rings. The first kappa shape index (κ1) is 19.4. The van der Waals surface area contributed by atoms with Gasteiger partial charge in [-0.25, -0.2) is 4.39 Å². The number of carbonyl (C=O) groups is 2. The van der Waals surface area contributed by atoms with Crippen LogP contribution in [0.15, 0.2) is 46.0 Å². The lowest BCUT2D eigenvalue weighted by molar-refractivity contribution is -0.138. The molecule has 0 saturated carbocycles. The number of hydrogen-bond acceptors (Lipinski definition) is 4. The molecule has 1 fully saturated rings. The first-order valence-corrected chi connectivity index (χ1v) is 9.88. The van der Waals surface area contributed by atoms with Gasteiger partial charge in [0.1, 0.15) is 5.82 Å². The van der Waals surface area contributed by atoms with Crippen molar-refractivity contribution in [3.8, 4) is 0 Å². The third-order valence-electron chi connectivity index (χ3n) is 5.86. The lowest BCUT2D eigenvalue weighted by atomic mass is 9.78. The normalized spacial score (nSPS) is 21.4. The minimum Gasteiger partial charge on any atom is -0.481 e. The molecule has 2 aliphatic heterocycles. The Hall–Kier alpha value is -2.96. The number of carboxylic acid groups (broad SMARTS) is 1. The van der Waals surface area contributed by atoms with E-state index in [1.807, 2.05) is 0 Å². The first-order valence-electron chi connectivity index (χ1n) is 9.88. The second-order valence-electron chi connectivity index (χ2n) is 7.72. The number of hydrogen-bond donors (Lipinski definition) is 1. The van der Waals surface area contributed by atoms with E-state index in [4.69, 9.17) is 4.42 Å². The van der Waals surface area contributed by atoms with Gasteiger partial charge < -0.3 is 14.4 Å². The molecule has 152 valence electrons. The molecule has 1 saturated heterocycles. The number of aliphatic imine (C=N–C) groups is 1. The number of amides is 1. The molecule has 0 bridgehead atoms. The summed E-state index contributed by atoms with van der Waals surface area (Å²) in [5.74, 6) is -1.06. The average molecular weight is 398 g/mol. The molecular weight excluding hydrogens is 375 g/mol. The molecule has 1 N–H and O–H groups in total. The maximum absolute atomic E-state index is 13.6. The van der Waals surface area contributed by atoms with Crippen LogP contribution in [0.4, 0.5) is 4.39 Å². The van der Waals surface area contributed by atoms with Gasteiger partial charge in [-0.05, 0) is 72.6 Å². The quantitative estimate of drug-likeness (QED) is 0.837. The number of carbonyl (C=O) groups excluding carboxylic acids is 1. The number of carboxylic acids is 1. The summed E-state index contributed by atoms with van der Waals surface area (Å²) in [5, 5.41) is 9.34. The van der Waals surface area contributed by atoms with Crippen LogP contribution in [0.5, 0.6) is 0 Å². The molecule has 2 aliphatic rings. The zero-order chi connectivity index (χ0) is 20.4. The summed E-state index contributed by atoms with van der Waals surface area (Å²) in [6.45, 7) is 1.55. The molecule has 2 unspecified atom stereocenters. The molecule has 0 radical (unpaired) electrons. The molecular formula is C22H23FN2O4. The predicted molar refractivity (Wildman–Crippen MR) is 105 cm³/mol. The van der Waals surface area contributed by atoms with E-state index in [0.29, 0.717) is 38.9 Å². The van der Waals surface area contributed by atoms with E-state index in [-0.39, 0.29) is 35.7 Å². The van der Waals surface area contributed by atoms with Gasteiger partial charge in [-0.3, -0.25) is 14.6 Å². The molecule has 6 nitrogen and oxygen atoms in total. The monoisotopic (exact) mass is 398 g/mol. The highest BCUT2D eigenvalue weighted by Gasteiger charge is 2.35. The minimum absolute atomic E-state index is 0.0338. The number of piperidine rings is 1. The third kappa shape index (κ3) is 4.23. The van der Waals surface area contributed by atoms with Gasteiger partial charge >= 0.3 is 5.97 Å². The van der Waals surface area contributed by atoms with Crippen molar-refractivity contribution in [3.63, 3.8) is 0 Å². The van der Waals surface area contributed by atoms with Crippen molar-refractivity contribution in [2.24, 2.45) is 16.8 Å². The molecule has 29 heavy (non-hydrogen) atoms. The average Bonchev–Trinajstić information content (AvgIpc) is 3.23. The van der Waals surface area contributed by atoms with Crippen LogP contribution in [0, 0.1) is 17.7 Å². The highest BCUT2D eigenvalue weighted by atomic mass is 19.1. The Morgan fingerprint density at radius 1 is 1.28 bits per heavy atom. The van der Waals surface area contributed by atoms with Gasteiger partial charge in [0.15, 0.2) is 5.76 Å². The second-order valence-corrected chi connectivity index (χ2v) is 7.72. The van der Waals surface area contributed by atoms with Gasteiger partial charge in [-0.1, -0.05) is 0 Å². The van der Waals surface area contributed by atoms with Crippen LogP contribution in [0.1, 0.15) is 40.9 Å². The summed E-state index contributed by atoms with van der Waals surface area (Å²) in [4.78, 5) is 30.5. The Bertz CT molecular complexity index is 938. The van der Waals surface area contributed by atoms with Gasteiger partial charge in [-0.2, -0.15) is 0 Å². The summed E-state index contributed by atoms with van der Waals surface area (Å²) in [6, 6.07) is 8.04. The lowest BCUT2D eigenvalue weighted by Crippen LogP contribution is -2.45. The van der Waals surface area contributed by atoms with Gasteiger partial charge in [-0.15, -0.1) is 0 Å². The molecule has 1 aromatic carbocycles. The van der Waals surface area contributed by atoms with Crippen LogP contribution in [-0.4, -0.2) is 47.2 Å². The van der Waals surface area contributed by atoms with Crippen molar-refractivity contribution in [2.75, 3.05) is 19.6 Å². The fourth-order valence-electron chi connectivity index (χ4n) is 4.42. The van der Waals surface area contributed by atoms with Crippen molar-refractivity contribution in [1.29, 1.82) is 0 Å². The molecule has 4 rings (SSSR count). The molecule has 2 atom stereocenters. The molecule has 3 heterocycles. The summed E-state index contributed by atoms with van der Waals surface area (Å²) in [7, 11) is 0. The van der Waals surface area contributed by atoms with Crippen molar-refractivity contribution in [2.45, 2.75) is 25.7 Å². The number of rotatable bonds is 5. The Morgan fingerprint density at radius 3 is 2.90 bits per heavy atom. The SMILES string of the molecule is O=C(O)CC1CCN(C(=O)c2ccco2)CC1CC1=NCCc2cc(F)ccc21. The Labute approximate surface area is 168 Å². The number of fused-ring (bicyclic) bond motifs is 1. The van der Waals surface area contributed by atoms with Crippen LogP contribution >= 0.6 is 0 Å². The summed E-state index contributed by atoms with van der Waals surface area (Å²) >= 11 is 0. The van der Waals surface area contributed by atoms with Crippen LogP contribution in [0.2, 0.25) is 0 Å². The maximum Gasteiger partial charge on any atom is 0.303 e. The zero-order valence-electron chi connectivity index (χ0n) is 16.0. The fourth-order valence-corrected chi connectivity index (χ4v) is 4.42. The van der Waals surface area contributed by atoms with Crippen molar-refractivity contribution in [3.05, 3.63) is 59.3 Å². The van der Waals surface area contributed by atoms with Gasteiger partial charge in [0, 0.05) is 31.8 Å². The lowest BCUT2D eigenvalue weighted by Gasteiger charge is -2.38. The van der Waals surface area contributed by atoms with E-state index >= 15 is 0 Å². The minimum atomic E-state index is -0.834. The molecule has 7 heteroatoms. The Morgan fingerprint density at radius 2 is 2.14 bits per heavy atom. The van der Waals surface area contributed by atoms with Crippen LogP contribution < -0.4 is 0 Å². The van der Waals surface area contributed by atoms with Crippen molar-refractivity contribution in [1.82, 2.24) is 4.90 Å². The van der Waals surface area contributed by atoms with E-state index in [9.17, 15) is 19.1 Å². The first-order chi connectivity index (χ1) is 14.0. The number of aliphatic carboxylic acids is 1. The van der Waals surface area contributed by atoms with Crippen LogP contribution in [-0.2, 0) is 11.2 Å². The van der Waals surface area contributed by atoms with E-state index < -0.39 is 5.97 Å². The zero-order valence-corrected chi connectivity index (χ0v) is 16.0. The number of halogens is 1. The smallest absolute Gasteiger partial charge is 0.303 e. The highest BCUT2D eigenvalue weighted by Crippen LogP contribution is 2.32. The molecule has 1 aromatic heterocycles. The second kappa shape index (κ2) is 8.19. The topological polar surface area (TPSA) is 83.1 Å². The number of benzene rings is 1. The standard InChI is InChI=1S/C22H23FN2O4/c23-17-3-4-18-15(10-17)5-7-24-19(18)11-16-13-25(8-6-14(16)12-21(26)27)22(28)20-2-1-9-29-20/h1-4,9-10,14,16H,5-8,11-13H2,(H,26,27). The van der Waals surface area contributed by atoms with E-state index in [0.717, 1.165) is 16.8 Å².